The third-order valence-electron chi connectivity index (χ3n) is 3.27. The summed E-state index contributed by atoms with van der Waals surface area (Å²) in [5.41, 5.74) is 2.53. The second kappa shape index (κ2) is 6.53. The third kappa shape index (κ3) is 4.21. The van der Waals surface area contributed by atoms with Crippen molar-refractivity contribution in [2.24, 2.45) is 0 Å². The smallest absolute Gasteiger partial charge is 0.303 e. The molecule has 3 heteroatoms. The molecule has 2 rings (SSSR count). The SMILES string of the molecule is Cc1ccc(CCC(CC(=O)O)c2cccs2)cc1. The van der Waals surface area contributed by atoms with E-state index in [1.165, 1.54) is 16.0 Å². The first kappa shape index (κ1) is 13.8. The molecule has 0 aliphatic rings. The van der Waals surface area contributed by atoms with Gasteiger partial charge in [0.2, 0.25) is 0 Å². The Morgan fingerprint density at radius 1 is 1.26 bits per heavy atom. The van der Waals surface area contributed by atoms with Gasteiger partial charge in [0.15, 0.2) is 0 Å². The van der Waals surface area contributed by atoms with Crippen molar-refractivity contribution in [3.05, 3.63) is 57.8 Å². The van der Waals surface area contributed by atoms with E-state index in [2.05, 4.69) is 31.2 Å². The predicted molar refractivity (Wildman–Crippen MR) is 78.8 cm³/mol. The summed E-state index contributed by atoms with van der Waals surface area (Å²) in [5, 5.41) is 11.0. The van der Waals surface area contributed by atoms with Gasteiger partial charge in [-0.2, -0.15) is 0 Å². The summed E-state index contributed by atoms with van der Waals surface area (Å²) in [6.07, 6.45) is 2.03. The van der Waals surface area contributed by atoms with E-state index in [0.717, 1.165) is 12.8 Å². The Hall–Kier alpha value is -1.61. The standard InChI is InChI=1S/C16H18O2S/c1-12-4-6-13(7-5-12)8-9-14(11-16(17)18)15-3-2-10-19-15/h2-7,10,14H,8-9,11H2,1H3,(H,17,18). The fraction of sp³-hybridized carbons (Fsp3) is 0.312. The van der Waals surface area contributed by atoms with Crippen LogP contribution in [0.1, 0.15) is 34.8 Å². The van der Waals surface area contributed by atoms with Gasteiger partial charge in [-0.05, 0) is 36.8 Å². The number of benzene rings is 1. The highest BCUT2D eigenvalue weighted by molar-refractivity contribution is 7.10. The van der Waals surface area contributed by atoms with Gasteiger partial charge in [0.05, 0.1) is 6.42 Å². The minimum atomic E-state index is -0.720. The number of hydrogen-bond donors (Lipinski definition) is 1. The fourth-order valence-corrected chi connectivity index (χ4v) is 3.04. The van der Waals surface area contributed by atoms with E-state index in [-0.39, 0.29) is 12.3 Å². The molecule has 0 aliphatic heterocycles. The fourth-order valence-electron chi connectivity index (χ4n) is 2.17. The largest absolute Gasteiger partial charge is 0.481 e. The summed E-state index contributed by atoms with van der Waals surface area (Å²) in [4.78, 5) is 12.1. The van der Waals surface area contributed by atoms with E-state index in [1.807, 2.05) is 17.5 Å². The molecule has 0 saturated carbocycles. The lowest BCUT2D eigenvalue weighted by Crippen LogP contribution is -2.06. The molecule has 100 valence electrons. The third-order valence-corrected chi connectivity index (χ3v) is 4.30. The molecule has 0 radical (unpaired) electrons. The summed E-state index contributed by atoms with van der Waals surface area (Å²) in [7, 11) is 0. The lowest BCUT2D eigenvalue weighted by molar-refractivity contribution is -0.137. The van der Waals surface area contributed by atoms with Gasteiger partial charge in [0.1, 0.15) is 0 Å². The van der Waals surface area contributed by atoms with E-state index in [4.69, 9.17) is 5.11 Å². The van der Waals surface area contributed by atoms with Crippen molar-refractivity contribution >= 4 is 17.3 Å². The van der Waals surface area contributed by atoms with Crippen LogP contribution in [0.25, 0.3) is 0 Å². The minimum absolute atomic E-state index is 0.124. The van der Waals surface area contributed by atoms with Gasteiger partial charge < -0.3 is 5.11 Å². The van der Waals surface area contributed by atoms with Gasteiger partial charge in [-0.25, -0.2) is 0 Å². The van der Waals surface area contributed by atoms with Crippen LogP contribution in [0.15, 0.2) is 41.8 Å². The number of hydrogen-bond acceptors (Lipinski definition) is 2. The summed E-state index contributed by atoms with van der Waals surface area (Å²) >= 11 is 1.65. The first-order valence-electron chi connectivity index (χ1n) is 6.46. The quantitative estimate of drug-likeness (QED) is 0.855. The zero-order valence-electron chi connectivity index (χ0n) is 11.0. The van der Waals surface area contributed by atoms with Crippen molar-refractivity contribution in [2.75, 3.05) is 0 Å². The Balaban J connectivity index is 2.00. The van der Waals surface area contributed by atoms with Gasteiger partial charge in [0.25, 0.3) is 0 Å². The van der Waals surface area contributed by atoms with Crippen LogP contribution in [0.2, 0.25) is 0 Å². The molecular weight excluding hydrogens is 256 g/mol. The minimum Gasteiger partial charge on any atom is -0.481 e. The maximum Gasteiger partial charge on any atom is 0.303 e. The average Bonchev–Trinajstić information content (AvgIpc) is 2.90. The number of rotatable bonds is 6. The van der Waals surface area contributed by atoms with Crippen molar-refractivity contribution < 1.29 is 9.90 Å². The van der Waals surface area contributed by atoms with E-state index in [0.29, 0.717) is 0 Å². The summed E-state index contributed by atoms with van der Waals surface area (Å²) in [6, 6.07) is 12.5. The topological polar surface area (TPSA) is 37.3 Å². The van der Waals surface area contributed by atoms with Crippen LogP contribution in [0, 0.1) is 6.92 Å². The van der Waals surface area contributed by atoms with Crippen molar-refractivity contribution in [3.63, 3.8) is 0 Å². The highest BCUT2D eigenvalue weighted by Gasteiger charge is 2.16. The van der Waals surface area contributed by atoms with E-state index < -0.39 is 5.97 Å². The highest BCUT2D eigenvalue weighted by Crippen LogP contribution is 2.29. The summed E-state index contributed by atoms with van der Waals surface area (Å²) < 4.78 is 0. The Bertz CT molecular complexity index is 514. The Kier molecular flexibility index (Phi) is 4.74. The first-order chi connectivity index (χ1) is 9.15. The molecule has 2 nitrogen and oxygen atoms in total. The number of thiophene rings is 1. The number of aliphatic carboxylic acids is 1. The number of carboxylic acid groups (broad SMARTS) is 1. The van der Waals surface area contributed by atoms with Crippen LogP contribution in [0.3, 0.4) is 0 Å². The maximum absolute atomic E-state index is 11.0. The first-order valence-corrected chi connectivity index (χ1v) is 7.34. The number of carbonyl (C=O) groups is 1. The van der Waals surface area contributed by atoms with Crippen molar-refractivity contribution in [1.29, 1.82) is 0 Å². The molecule has 19 heavy (non-hydrogen) atoms. The Morgan fingerprint density at radius 2 is 2.00 bits per heavy atom. The normalized spacial score (nSPS) is 12.3. The van der Waals surface area contributed by atoms with E-state index >= 15 is 0 Å². The highest BCUT2D eigenvalue weighted by atomic mass is 32.1. The lowest BCUT2D eigenvalue weighted by atomic mass is 9.95. The van der Waals surface area contributed by atoms with Crippen molar-refractivity contribution in [2.45, 2.75) is 32.1 Å². The van der Waals surface area contributed by atoms with Gasteiger partial charge in [0, 0.05) is 10.8 Å². The molecule has 1 N–H and O–H groups in total. The molecule has 0 saturated heterocycles. The molecule has 2 aromatic rings. The molecule has 0 spiro atoms. The number of carboxylic acids is 1. The second-order valence-electron chi connectivity index (χ2n) is 4.83. The van der Waals surface area contributed by atoms with Gasteiger partial charge in [-0.3, -0.25) is 4.79 Å². The molecule has 1 heterocycles. The van der Waals surface area contributed by atoms with Crippen LogP contribution in [-0.2, 0) is 11.2 Å². The van der Waals surface area contributed by atoms with E-state index in [1.54, 1.807) is 11.3 Å². The Labute approximate surface area is 117 Å². The molecule has 0 bridgehead atoms. The van der Waals surface area contributed by atoms with Gasteiger partial charge in [-0.15, -0.1) is 11.3 Å². The molecule has 1 aromatic carbocycles. The van der Waals surface area contributed by atoms with Gasteiger partial charge in [-0.1, -0.05) is 35.9 Å². The van der Waals surface area contributed by atoms with Crippen LogP contribution in [0.4, 0.5) is 0 Å². The predicted octanol–water partition coefficient (Wildman–Crippen LogP) is 4.25. The summed E-state index contributed by atoms with van der Waals surface area (Å²) in [5.74, 6) is -0.596. The Morgan fingerprint density at radius 3 is 2.58 bits per heavy atom. The van der Waals surface area contributed by atoms with Gasteiger partial charge >= 0.3 is 5.97 Å². The molecule has 1 unspecified atom stereocenters. The van der Waals surface area contributed by atoms with E-state index in [9.17, 15) is 4.79 Å². The molecular formula is C16H18O2S. The molecule has 0 aliphatic carbocycles. The second-order valence-corrected chi connectivity index (χ2v) is 5.81. The summed E-state index contributed by atoms with van der Waals surface area (Å²) in [6.45, 7) is 2.07. The van der Waals surface area contributed by atoms with Crippen LogP contribution < -0.4 is 0 Å². The maximum atomic E-state index is 11.0. The van der Waals surface area contributed by atoms with Crippen molar-refractivity contribution in [3.8, 4) is 0 Å². The molecule has 0 fully saturated rings. The monoisotopic (exact) mass is 274 g/mol. The van der Waals surface area contributed by atoms with Crippen LogP contribution in [0.5, 0.6) is 0 Å². The number of aryl methyl sites for hydroxylation is 2. The molecule has 1 aromatic heterocycles. The van der Waals surface area contributed by atoms with Crippen LogP contribution in [-0.4, -0.2) is 11.1 Å². The van der Waals surface area contributed by atoms with Crippen LogP contribution >= 0.6 is 11.3 Å². The van der Waals surface area contributed by atoms with Crippen molar-refractivity contribution in [1.82, 2.24) is 0 Å². The zero-order chi connectivity index (χ0) is 13.7. The molecule has 0 amide bonds. The molecule has 1 atom stereocenters. The average molecular weight is 274 g/mol. The lowest BCUT2D eigenvalue weighted by Gasteiger charge is -2.13. The zero-order valence-corrected chi connectivity index (χ0v) is 11.8.